The van der Waals surface area contributed by atoms with Crippen LogP contribution in [0.15, 0.2) is 42.7 Å². The maximum Gasteiger partial charge on any atom is 0.409 e. The van der Waals surface area contributed by atoms with Gasteiger partial charge in [-0.15, -0.1) is 11.3 Å². The second-order valence-electron chi connectivity index (χ2n) is 9.25. The summed E-state index contributed by atoms with van der Waals surface area (Å²) in [7, 11) is 6.38. The van der Waals surface area contributed by atoms with Gasteiger partial charge in [0.15, 0.2) is 11.6 Å². The highest BCUT2D eigenvalue weighted by Gasteiger charge is 2.27. The number of carbonyl (C=O) groups is 2. The lowest BCUT2D eigenvalue weighted by atomic mass is 10.2. The number of pyridine rings is 1. The average Bonchev–Trinajstić information content (AvgIpc) is 3.51. The van der Waals surface area contributed by atoms with Gasteiger partial charge in [-0.2, -0.15) is 0 Å². The highest BCUT2D eigenvalue weighted by molar-refractivity contribution is 7.22. The van der Waals surface area contributed by atoms with E-state index in [-0.39, 0.29) is 18.4 Å². The number of fused-ring (bicyclic) bond motifs is 1. The smallest absolute Gasteiger partial charge is 0.409 e. The van der Waals surface area contributed by atoms with Crippen molar-refractivity contribution in [2.75, 3.05) is 33.2 Å². The van der Waals surface area contributed by atoms with Crippen molar-refractivity contribution in [1.82, 2.24) is 24.8 Å². The number of imidazole rings is 1. The minimum absolute atomic E-state index is 0.00444. The largest absolute Gasteiger partial charge is 0.453 e. The summed E-state index contributed by atoms with van der Waals surface area (Å²) in [6.07, 6.45) is 2.79. The van der Waals surface area contributed by atoms with Crippen molar-refractivity contribution in [2.24, 2.45) is 7.05 Å². The van der Waals surface area contributed by atoms with Gasteiger partial charge in [0.05, 0.1) is 46.7 Å². The number of thiophene rings is 1. The van der Waals surface area contributed by atoms with Gasteiger partial charge in [-0.3, -0.25) is 4.98 Å². The van der Waals surface area contributed by atoms with Crippen LogP contribution in [0.3, 0.4) is 0 Å². The van der Waals surface area contributed by atoms with Gasteiger partial charge in [-0.25, -0.2) is 19.0 Å². The number of nitrogens with one attached hydrogen (secondary N) is 2. The molecule has 0 fully saturated rings. The van der Waals surface area contributed by atoms with Crippen LogP contribution in [-0.2, 0) is 16.5 Å². The maximum absolute atomic E-state index is 14.9. The van der Waals surface area contributed by atoms with E-state index < -0.39 is 24.0 Å². The van der Waals surface area contributed by atoms with Crippen LogP contribution in [0, 0.1) is 5.82 Å². The predicted molar refractivity (Wildman–Crippen MR) is 150 cm³/mol. The Labute approximate surface area is 234 Å². The fourth-order valence-electron chi connectivity index (χ4n) is 4.10. The number of benzene rings is 1. The Morgan fingerprint density at radius 1 is 1.15 bits per heavy atom. The molecule has 4 rings (SSSR count). The van der Waals surface area contributed by atoms with E-state index in [4.69, 9.17) is 14.2 Å². The molecule has 1 atom stereocenters. The average molecular weight is 571 g/mol. The third-order valence-corrected chi connectivity index (χ3v) is 7.18. The molecule has 11 nitrogen and oxygen atoms in total. The Morgan fingerprint density at radius 3 is 2.60 bits per heavy atom. The normalized spacial score (nSPS) is 11.9. The first-order valence-electron chi connectivity index (χ1n) is 12.4. The fraction of sp³-hybridized carbons (Fsp3) is 0.333. The van der Waals surface area contributed by atoms with Gasteiger partial charge < -0.3 is 34.3 Å². The standard InChI is InChI=1S/C27H31FN6O5S/c1-15(2)31-26(35)32-16-7-8-21(17(28)11-16)39-22-9-10-29-18-12-23(40-24(18)22)25-30-13-19(33(25)3)20(14-37-5)34(4)27(36)38-6/h7-13,15,20H,14H2,1-6H3,(H2,31,32,35). The number of hydrogen-bond donors (Lipinski definition) is 2. The fourth-order valence-corrected chi connectivity index (χ4v) is 5.20. The highest BCUT2D eigenvalue weighted by atomic mass is 32.1. The van der Waals surface area contributed by atoms with E-state index in [1.54, 1.807) is 38.7 Å². The summed E-state index contributed by atoms with van der Waals surface area (Å²) in [6.45, 7) is 3.91. The van der Waals surface area contributed by atoms with Crippen LogP contribution in [0.2, 0.25) is 0 Å². The topological polar surface area (TPSA) is 120 Å². The first-order chi connectivity index (χ1) is 19.1. The van der Waals surface area contributed by atoms with Gasteiger partial charge in [-0.1, -0.05) is 0 Å². The second-order valence-corrected chi connectivity index (χ2v) is 10.3. The number of anilines is 1. The van der Waals surface area contributed by atoms with Gasteiger partial charge >= 0.3 is 12.1 Å². The zero-order chi connectivity index (χ0) is 29.0. The molecule has 0 aliphatic rings. The molecule has 0 bridgehead atoms. The molecule has 0 radical (unpaired) electrons. The lowest BCUT2D eigenvalue weighted by Gasteiger charge is -2.26. The highest BCUT2D eigenvalue weighted by Crippen LogP contribution is 2.40. The number of amides is 3. The van der Waals surface area contributed by atoms with Gasteiger partial charge in [0.2, 0.25) is 0 Å². The SMILES string of the molecule is COCC(c1cnc(-c2cc3nccc(Oc4ccc(NC(=O)NC(C)C)cc4F)c3s2)n1C)N(C)C(=O)OC. The van der Waals surface area contributed by atoms with Gasteiger partial charge in [0.1, 0.15) is 11.6 Å². The minimum atomic E-state index is -0.628. The molecule has 212 valence electrons. The number of nitrogens with zero attached hydrogens (tertiary/aromatic N) is 4. The molecule has 0 spiro atoms. The number of likely N-dealkylation sites (N-methyl/N-ethyl adjacent to an activating group) is 1. The van der Waals surface area contributed by atoms with Crippen LogP contribution in [-0.4, -0.2) is 65.5 Å². The number of carbonyl (C=O) groups excluding carboxylic acids is 2. The zero-order valence-corrected chi connectivity index (χ0v) is 23.8. The number of methoxy groups -OCH3 is 2. The molecule has 2 N–H and O–H groups in total. The number of urea groups is 1. The summed E-state index contributed by atoms with van der Waals surface area (Å²) >= 11 is 1.40. The lowest BCUT2D eigenvalue weighted by Crippen LogP contribution is -2.34. The molecule has 13 heteroatoms. The molecule has 0 aliphatic carbocycles. The van der Waals surface area contributed by atoms with Crippen molar-refractivity contribution in [3.63, 3.8) is 0 Å². The predicted octanol–water partition coefficient (Wildman–Crippen LogP) is 5.54. The van der Waals surface area contributed by atoms with Crippen molar-refractivity contribution in [1.29, 1.82) is 0 Å². The van der Waals surface area contributed by atoms with Gasteiger partial charge in [0.25, 0.3) is 0 Å². The summed E-state index contributed by atoms with van der Waals surface area (Å²) in [5, 5.41) is 5.28. The molecular weight excluding hydrogens is 539 g/mol. The molecule has 40 heavy (non-hydrogen) atoms. The number of aromatic nitrogens is 3. The lowest BCUT2D eigenvalue weighted by molar-refractivity contribution is 0.0790. The van der Waals surface area contributed by atoms with E-state index >= 15 is 0 Å². The Morgan fingerprint density at radius 2 is 1.93 bits per heavy atom. The number of ether oxygens (including phenoxy) is 3. The summed E-state index contributed by atoms with van der Waals surface area (Å²) in [5.74, 6) is 0.460. The molecule has 3 aromatic heterocycles. The first kappa shape index (κ1) is 28.8. The number of halogens is 1. The molecule has 1 unspecified atom stereocenters. The third kappa shape index (κ3) is 6.15. The van der Waals surface area contributed by atoms with Crippen molar-refractivity contribution in [3.8, 4) is 22.2 Å². The summed E-state index contributed by atoms with van der Waals surface area (Å²) in [5.41, 5.74) is 1.71. The van der Waals surface area contributed by atoms with E-state index in [2.05, 4.69) is 20.6 Å². The van der Waals surface area contributed by atoms with E-state index in [9.17, 15) is 14.0 Å². The molecule has 0 saturated carbocycles. The summed E-state index contributed by atoms with van der Waals surface area (Å²) in [6, 6.07) is 6.86. The van der Waals surface area contributed by atoms with Crippen LogP contribution < -0.4 is 15.4 Å². The molecule has 3 heterocycles. The van der Waals surface area contributed by atoms with E-state index in [1.807, 2.05) is 31.5 Å². The van der Waals surface area contributed by atoms with Gasteiger partial charge in [0, 0.05) is 51.3 Å². The summed E-state index contributed by atoms with van der Waals surface area (Å²) < 4.78 is 33.6. The number of rotatable bonds is 9. The van der Waals surface area contributed by atoms with Crippen LogP contribution in [0.1, 0.15) is 25.6 Å². The maximum atomic E-state index is 14.9. The first-order valence-corrected chi connectivity index (χ1v) is 13.2. The van der Waals surface area contributed by atoms with Crippen molar-refractivity contribution in [2.45, 2.75) is 25.9 Å². The Hall–Kier alpha value is -4.23. The monoisotopic (exact) mass is 570 g/mol. The molecule has 4 aromatic rings. The van der Waals surface area contributed by atoms with E-state index in [1.165, 1.54) is 35.5 Å². The van der Waals surface area contributed by atoms with Crippen molar-refractivity contribution in [3.05, 3.63) is 54.2 Å². The Kier molecular flexibility index (Phi) is 8.85. The van der Waals surface area contributed by atoms with Crippen molar-refractivity contribution >= 4 is 39.4 Å². The van der Waals surface area contributed by atoms with Crippen LogP contribution in [0.5, 0.6) is 11.5 Å². The van der Waals surface area contributed by atoms with Crippen LogP contribution in [0.4, 0.5) is 19.7 Å². The quantitative estimate of drug-likeness (QED) is 0.271. The van der Waals surface area contributed by atoms with Crippen LogP contribution >= 0.6 is 11.3 Å². The van der Waals surface area contributed by atoms with Crippen LogP contribution in [0.25, 0.3) is 20.9 Å². The number of hydrogen-bond acceptors (Lipinski definition) is 8. The second kappa shape index (κ2) is 12.3. The van der Waals surface area contributed by atoms with Gasteiger partial charge in [-0.05, 0) is 32.0 Å². The zero-order valence-electron chi connectivity index (χ0n) is 23.0. The molecule has 3 amide bonds. The molecule has 0 aliphatic heterocycles. The molecular formula is C27H31FN6O5S. The van der Waals surface area contributed by atoms with E-state index in [0.29, 0.717) is 27.5 Å². The minimum Gasteiger partial charge on any atom is -0.453 e. The molecule has 0 saturated heterocycles. The Balaban J connectivity index is 1.61. The molecule has 1 aromatic carbocycles. The van der Waals surface area contributed by atoms with E-state index in [0.717, 1.165) is 10.6 Å². The third-order valence-electron chi connectivity index (χ3n) is 6.05. The van der Waals surface area contributed by atoms with Crippen molar-refractivity contribution < 1.29 is 28.2 Å². The Bertz CT molecular complexity index is 1520. The summed E-state index contributed by atoms with van der Waals surface area (Å²) in [4.78, 5) is 35.4.